The van der Waals surface area contributed by atoms with Crippen LogP contribution in [0.15, 0.2) is 16.5 Å². The molecule has 5 heteroatoms. The highest BCUT2D eigenvalue weighted by atomic mass is 16.5. The Labute approximate surface area is 150 Å². The number of oxazole rings is 1. The van der Waals surface area contributed by atoms with E-state index in [0.717, 1.165) is 60.1 Å². The Morgan fingerprint density at radius 2 is 1.96 bits per heavy atom. The van der Waals surface area contributed by atoms with Crippen LogP contribution in [0.5, 0.6) is 5.75 Å². The topological polar surface area (TPSA) is 41.7 Å². The summed E-state index contributed by atoms with van der Waals surface area (Å²) in [6, 6.07) is 4.60. The third-order valence-corrected chi connectivity index (χ3v) is 5.50. The van der Waals surface area contributed by atoms with Crippen LogP contribution >= 0.6 is 0 Å². The fourth-order valence-electron chi connectivity index (χ4n) is 3.42. The summed E-state index contributed by atoms with van der Waals surface area (Å²) in [6.45, 7) is 12.5. The fraction of sp³-hybridized carbons (Fsp3) is 0.550. The zero-order chi connectivity index (χ0) is 18.1. The van der Waals surface area contributed by atoms with Crippen molar-refractivity contribution in [3.8, 4) is 17.2 Å². The van der Waals surface area contributed by atoms with Gasteiger partial charge in [0.15, 0.2) is 0 Å². The smallest absolute Gasteiger partial charge is 0.226 e. The average molecular weight is 343 g/mol. The highest BCUT2D eigenvalue weighted by Gasteiger charge is 2.23. The largest absolute Gasteiger partial charge is 0.496 e. The number of aryl methyl sites for hydroxylation is 1. The van der Waals surface area contributed by atoms with E-state index in [-0.39, 0.29) is 0 Å². The number of benzene rings is 1. The van der Waals surface area contributed by atoms with Gasteiger partial charge in [-0.1, -0.05) is 0 Å². The van der Waals surface area contributed by atoms with Crippen molar-refractivity contribution in [3.63, 3.8) is 0 Å². The molecule has 0 bridgehead atoms. The van der Waals surface area contributed by atoms with Gasteiger partial charge in [-0.3, -0.25) is 4.90 Å². The van der Waals surface area contributed by atoms with Crippen LogP contribution in [-0.2, 0) is 6.54 Å². The van der Waals surface area contributed by atoms with E-state index in [0.29, 0.717) is 11.9 Å². The first kappa shape index (κ1) is 18.0. The van der Waals surface area contributed by atoms with Crippen molar-refractivity contribution in [1.82, 2.24) is 14.8 Å². The van der Waals surface area contributed by atoms with Gasteiger partial charge in [-0.05, 0) is 58.0 Å². The Bertz CT molecular complexity index is 754. The molecule has 1 aromatic carbocycles. The minimum atomic E-state index is 0.576. The molecule has 0 aliphatic carbocycles. The highest BCUT2D eigenvalue weighted by Crippen LogP contribution is 2.31. The van der Waals surface area contributed by atoms with Gasteiger partial charge in [0.05, 0.1) is 12.8 Å². The maximum Gasteiger partial charge on any atom is 0.226 e. The quantitative estimate of drug-likeness (QED) is 0.851. The van der Waals surface area contributed by atoms with Gasteiger partial charge in [-0.25, -0.2) is 4.98 Å². The van der Waals surface area contributed by atoms with Crippen molar-refractivity contribution in [2.24, 2.45) is 0 Å². The number of rotatable bonds is 4. The van der Waals surface area contributed by atoms with Crippen LogP contribution in [0.25, 0.3) is 11.5 Å². The minimum absolute atomic E-state index is 0.576. The number of piperazine rings is 1. The van der Waals surface area contributed by atoms with Crippen LogP contribution in [0.1, 0.15) is 29.5 Å². The summed E-state index contributed by atoms with van der Waals surface area (Å²) in [6.07, 6.45) is 0. The van der Waals surface area contributed by atoms with E-state index in [4.69, 9.17) is 14.1 Å². The normalized spacial score (nSPS) is 19.4. The lowest BCUT2D eigenvalue weighted by atomic mass is 10.0. The zero-order valence-electron chi connectivity index (χ0n) is 16.2. The Morgan fingerprint density at radius 1 is 1.20 bits per heavy atom. The molecule has 136 valence electrons. The summed E-state index contributed by atoms with van der Waals surface area (Å²) in [5, 5.41) is 0. The van der Waals surface area contributed by atoms with Crippen molar-refractivity contribution in [1.29, 1.82) is 0 Å². The lowest BCUT2D eigenvalue weighted by Crippen LogP contribution is -2.49. The molecular formula is C20H29N3O2. The molecule has 0 spiro atoms. The highest BCUT2D eigenvalue weighted by molar-refractivity contribution is 5.63. The molecule has 2 aromatic rings. The molecule has 1 fully saturated rings. The monoisotopic (exact) mass is 343 g/mol. The van der Waals surface area contributed by atoms with Crippen molar-refractivity contribution in [3.05, 3.63) is 34.7 Å². The minimum Gasteiger partial charge on any atom is -0.496 e. The molecule has 2 heterocycles. The average Bonchev–Trinajstić information content (AvgIpc) is 2.94. The second-order valence-corrected chi connectivity index (χ2v) is 7.15. The molecule has 0 radical (unpaired) electrons. The first-order valence-corrected chi connectivity index (χ1v) is 8.94. The van der Waals surface area contributed by atoms with Crippen LogP contribution < -0.4 is 4.74 Å². The first-order chi connectivity index (χ1) is 11.9. The van der Waals surface area contributed by atoms with Gasteiger partial charge in [0, 0.05) is 37.8 Å². The van der Waals surface area contributed by atoms with E-state index < -0.39 is 0 Å². The van der Waals surface area contributed by atoms with Crippen LogP contribution in [0.4, 0.5) is 0 Å². The number of likely N-dealkylation sites (N-methyl/N-ethyl adjacent to an activating group) is 1. The van der Waals surface area contributed by atoms with Crippen molar-refractivity contribution in [2.75, 3.05) is 33.8 Å². The molecule has 1 aliphatic heterocycles. The molecule has 1 unspecified atom stereocenters. The van der Waals surface area contributed by atoms with Crippen LogP contribution in [0, 0.1) is 20.8 Å². The number of aromatic nitrogens is 1. The predicted molar refractivity (Wildman–Crippen MR) is 100 cm³/mol. The number of hydrogen-bond acceptors (Lipinski definition) is 5. The summed E-state index contributed by atoms with van der Waals surface area (Å²) in [7, 11) is 3.89. The standard InChI is InChI=1S/C20H29N3O2/c1-13-11-23(10-9-22(13)5)12-18-16(4)25-20(21-18)17-7-8-19(24-6)15(3)14(17)2/h7-8,13H,9-12H2,1-6H3. The second-order valence-electron chi connectivity index (χ2n) is 7.15. The van der Waals surface area contributed by atoms with Crippen molar-refractivity contribution in [2.45, 2.75) is 40.3 Å². The molecule has 1 aromatic heterocycles. The molecular weight excluding hydrogens is 314 g/mol. The third kappa shape index (κ3) is 3.58. The van der Waals surface area contributed by atoms with Gasteiger partial charge in [0.2, 0.25) is 5.89 Å². The van der Waals surface area contributed by atoms with E-state index in [2.05, 4.69) is 37.6 Å². The van der Waals surface area contributed by atoms with E-state index >= 15 is 0 Å². The summed E-state index contributed by atoms with van der Waals surface area (Å²) in [5.41, 5.74) is 4.37. The molecule has 0 N–H and O–H groups in total. The molecule has 5 nitrogen and oxygen atoms in total. The predicted octanol–water partition coefficient (Wildman–Crippen LogP) is 3.41. The molecule has 0 saturated carbocycles. The number of methoxy groups -OCH3 is 1. The molecule has 1 saturated heterocycles. The number of ether oxygens (including phenoxy) is 1. The fourth-order valence-corrected chi connectivity index (χ4v) is 3.42. The molecule has 3 rings (SSSR count). The zero-order valence-corrected chi connectivity index (χ0v) is 16.2. The van der Waals surface area contributed by atoms with Gasteiger partial charge >= 0.3 is 0 Å². The Balaban J connectivity index is 1.82. The van der Waals surface area contributed by atoms with Gasteiger partial charge in [-0.2, -0.15) is 0 Å². The number of nitrogens with zero attached hydrogens (tertiary/aromatic N) is 3. The van der Waals surface area contributed by atoms with E-state index in [1.165, 1.54) is 0 Å². The molecule has 0 amide bonds. The summed E-state index contributed by atoms with van der Waals surface area (Å²) >= 11 is 0. The summed E-state index contributed by atoms with van der Waals surface area (Å²) in [4.78, 5) is 9.68. The maximum absolute atomic E-state index is 6.01. The third-order valence-electron chi connectivity index (χ3n) is 5.50. The molecule has 1 atom stereocenters. The summed E-state index contributed by atoms with van der Waals surface area (Å²) < 4.78 is 11.4. The Hall–Kier alpha value is -1.85. The lowest BCUT2D eigenvalue weighted by molar-refractivity contribution is 0.0988. The van der Waals surface area contributed by atoms with E-state index in [1.54, 1.807) is 7.11 Å². The summed E-state index contributed by atoms with van der Waals surface area (Å²) in [5.74, 6) is 2.52. The maximum atomic E-state index is 6.01. The van der Waals surface area contributed by atoms with Crippen molar-refractivity contribution >= 4 is 0 Å². The van der Waals surface area contributed by atoms with Crippen LogP contribution in [0.3, 0.4) is 0 Å². The Kier molecular flexibility index (Phi) is 5.16. The molecule has 1 aliphatic rings. The number of hydrogen-bond donors (Lipinski definition) is 0. The van der Waals surface area contributed by atoms with Crippen LogP contribution in [0.2, 0.25) is 0 Å². The first-order valence-electron chi connectivity index (χ1n) is 8.94. The van der Waals surface area contributed by atoms with E-state index in [1.807, 2.05) is 19.1 Å². The van der Waals surface area contributed by atoms with Gasteiger partial charge in [0.25, 0.3) is 0 Å². The SMILES string of the molecule is COc1ccc(-c2nc(CN3CCN(C)C(C)C3)c(C)o2)c(C)c1C. The van der Waals surface area contributed by atoms with E-state index in [9.17, 15) is 0 Å². The Morgan fingerprint density at radius 3 is 2.64 bits per heavy atom. The van der Waals surface area contributed by atoms with Gasteiger partial charge in [-0.15, -0.1) is 0 Å². The van der Waals surface area contributed by atoms with Gasteiger partial charge < -0.3 is 14.1 Å². The van der Waals surface area contributed by atoms with Crippen molar-refractivity contribution < 1.29 is 9.15 Å². The lowest BCUT2D eigenvalue weighted by Gasteiger charge is -2.37. The second kappa shape index (κ2) is 7.18. The molecule has 25 heavy (non-hydrogen) atoms. The van der Waals surface area contributed by atoms with Crippen LogP contribution in [-0.4, -0.2) is 54.6 Å². The van der Waals surface area contributed by atoms with Gasteiger partial charge in [0.1, 0.15) is 11.5 Å².